The van der Waals surface area contributed by atoms with Gasteiger partial charge in [0.15, 0.2) is 0 Å². The van der Waals surface area contributed by atoms with Crippen molar-refractivity contribution < 1.29 is 26.2 Å². The predicted molar refractivity (Wildman–Crippen MR) is 97.4 cm³/mol. The molecule has 0 spiro atoms. The Balaban J connectivity index is 0.000000362. The molecule has 1 heteroatoms. The fourth-order valence-electron chi connectivity index (χ4n) is 2.34. The Morgan fingerprint density at radius 2 is 1.30 bits per heavy atom. The van der Waals surface area contributed by atoms with E-state index in [1.54, 1.807) is 0 Å². The van der Waals surface area contributed by atoms with Gasteiger partial charge in [-0.05, 0) is 64.2 Å². The Labute approximate surface area is 165 Å². The van der Waals surface area contributed by atoms with Crippen molar-refractivity contribution in [3.63, 3.8) is 0 Å². The van der Waals surface area contributed by atoms with Crippen LogP contribution in [0.1, 0.15) is 26.7 Å². The molecule has 0 aromatic rings. The first-order valence-electron chi connectivity index (χ1n) is 8.23. The first-order chi connectivity index (χ1) is 10.9. The fourth-order valence-corrected chi connectivity index (χ4v) is 2.34. The zero-order valence-corrected chi connectivity index (χ0v) is 16.8. The standard InChI is InChI=1S/C12H18.2C5H5.Zr/c1-3-8-11(4-2)12-9-6-5-7-10-12;2*1-2-4-5-3-1;/h5-12H,3-4H2,1-2H3;2*1-5H;/q-2;;;+2. The third-order valence-corrected chi connectivity index (χ3v) is 3.50. The van der Waals surface area contributed by atoms with Crippen molar-refractivity contribution >= 4 is 0 Å². The molecule has 2 atom stereocenters. The van der Waals surface area contributed by atoms with Crippen LogP contribution in [0.15, 0.2) is 24.3 Å². The van der Waals surface area contributed by atoms with Crippen LogP contribution >= 0.6 is 0 Å². The average Bonchev–Trinajstić information content (AvgIpc) is 3.32. The van der Waals surface area contributed by atoms with Gasteiger partial charge in [0.1, 0.15) is 0 Å². The zero-order valence-electron chi connectivity index (χ0n) is 14.3. The van der Waals surface area contributed by atoms with Crippen LogP contribution < -0.4 is 0 Å². The molecule has 2 unspecified atom stereocenters. The molecule has 120 valence electrons. The van der Waals surface area contributed by atoms with Crippen molar-refractivity contribution in [1.82, 2.24) is 0 Å². The molecular weight excluding hydrogens is 355 g/mol. The summed E-state index contributed by atoms with van der Waals surface area (Å²) in [4.78, 5) is 0. The van der Waals surface area contributed by atoms with Gasteiger partial charge in [0.25, 0.3) is 0 Å². The predicted octanol–water partition coefficient (Wildman–Crippen LogP) is 5.61. The number of allylic oxidation sites excluding steroid dienone is 4. The van der Waals surface area contributed by atoms with Gasteiger partial charge in [-0.2, -0.15) is 12.3 Å². The molecule has 23 heavy (non-hydrogen) atoms. The molecule has 0 heterocycles. The minimum atomic E-state index is 0. The number of hydrogen-bond acceptors (Lipinski definition) is 0. The second-order valence-electron chi connectivity index (χ2n) is 5.18. The van der Waals surface area contributed by atoms with Gasteiger partial charge >= 0.3 is 26.2 Å². The van der Waals surface area contributed by atoms with Crippen LogP contribution in [0.5, 0.6) is 0 Å². The molecule has 0 N–H and O–H groups in total. The normalized spacial score (nSPS) is 22.8. The third-order valence-electron chi connectivity index (χ3n) is 3.50. The first-order valence-corrected chi connectivity index (χ1v) is 8.23. The smallest absolute Gasteiger partial charge is 0.326 e. The van der Waals surface area contributed by atoms with Crippen LogP contribution in [0.25, 0.3) is 0 Å². The van der Waals surface area contributed by atoms with E-state index in [1.807, 2.05) is 64.2 Å². The van der Waals surface area contributed by atoms with Gasteiger partial charge in [-0.3, -0.25) is 0 Å². The summed E-state index contributed by atoms with van der Waals surface area (Å²) in [5.74, 6) is 1.37. The van der Waals surface area contributed by atoms with Crippen LogP contribution in [0.3, 0.4) is 0 Å². The van der Waals surface area contributed by atoms with Gasteiger partial charge in [-0.25, -0.2) is 18.6 Å². The molecule has 3 rings (SSSR count). The summed E-state index contributed by atoms with van der Waals surface area (Å²) in [6.07, 6.45) is 35.8. The molecule has 0 aromatic heterocycles. The van der Waals surface area contributed by atoms with Gasteiger partial charge in [0.05, 0.1) is 0 Å². The zero-order chi connectivity index (χ0) is 15.9. The van der Waals surface area contributed by atoms with Crippen molar-refractivity contribution in [1.29, 1.82) is 0 Å². The SMILES string of the molecule is CC[CH-]C(CC)C1C=CC=C[CH-]1.[CH]1[CH][CH][CH][CH]1.[CH]1[CH][CH][CH][CH]1.[Zr+2]. The minimum absolute atomic E-state index is 0. The third kappa shape index (κ3) is 12.3. The summed E-state index contributed by atoms with van der Waals surface area (Å²) < 4.78 is 0. The van der Waals surface area contributed by atoms with Crippen molar-refractivity contribution in [2.75, 3.05) is 0 Å². The van der Waals surface area contributed by atoms with E-state index in [4.69, 9.17) is 0 Å². The molecule has 2 saturated carbocycles. The minimum Gasteiger partial charge on any atom is -0.326 e. The second-order valence-corrected chi connectivity index (χ2v) is 5.18. The van der Waals surface area contributed by atoms with E-state index in [2.05, 4.69) is 51.0 Å². The summed E-state index contributed by atoms with van der Waals surface area (Å²) in [6, 6.07) is 0. The topological polar surface area (TPSA) is 0 Å². The van der Waals surface area contributed by atoms with Gasteiger partial charge < -0.3 is 6.42 Å². The van der Waals surface area contributed by atoms with Gasteiger partial charge in [-0.1, -0.05) is 26.2 Å². The van der Waals surface area contributed by atoms with Crippen LogP contribution in [-0.4, -0.2) is 0 Å². The summed E-state index contributed by atoms with van der Waals surface area (Å²) in [7, 11) is 0. The summed E-state index contributed by atoms with van der Waals surface area (Å²) in [6.45, 7) is 4.47. The van der Waals surface area contributed by atoms with Gasteiger partial charge in [0.2, 0.25) is 0 Å². The molecule has 0 bridgehead atoms. The van der Waals surface area contributed by atoms with Crippen molar-refractivity contribution in [2.45, 2.75) is 26.7 Å². The Kier molecular flexibility index (Phi) is 17.2. The molecule has 10 radical (unpaired) electrons. The Hall–Kier alpha value is 0.233. The van der Waals surface area contributed by atoms with Crippen LogP contribution in [0.4, 0.5) is 0 Å². The monoisotopic (exact) mass is 382 g/mol. The largest absolute Gasteiger partial charge is 2.00 e. The van der Waals surface area contributed by atoms with Crippen LogP contribution in [-0.2, 0) is 26.2 Å². The van der Waals surface area contributed by atoms with E-state index in [-0.39, 0.29) is 26.2 Å². The van der Waals surface area contributed by atoms with Crippen LogP contribution in [0, 0.1) is 88.9 Å². The molecule has 3 aliphatic rings. The van der Waals surface area contributed by atoms with E-state index in [0.29, 0.717) is 5.92 Å². The van der Waals surface area contributed by atoms with Crippen LogP contribution in [0.2, 0.25) is 0 Å². The maximum absolute atomic E-state index is 2.42. The molecular formula is C22H28Zr. The maximum atomic E-state index is 2.42. The van der Waals surface area contributed by atoms with Crippen molar-refractivity contribution in [3.05, 3.63) is 101 Å². The molecule has 2 fully saturated rings. The number of rotatable bonds is 4. The van der Waals surface area contributed by atoms with E-state index >= 15 is 0 Å². The quantitative estimate of drug-likeness (QED) is 0.553. The molecule has 0 aliphatic heterocycles. The summed E-state index contributed by atoms with van der Waals surface area (Å²) >= 11 is 0. The molecule has 0 aromatic carbocycles. The van der Waals surface area contributed by atoms with Gasteiger partial charge in [0, 0.05) is 0 Å². The maximum Gasteiger partial charge on any atom is 2.00 e. The van der Waals surface area contributed by atoms with Crippen molar-refractivity contribution in [2.24, 2.45) is 11.8 Å². The Morgan fingerprint density at radius 1 is 0.826 bits per heavy atom. The van der Waals surface area contributed by atoms with Gasteiger partial charge in [-0.15, -0.1) is 12.2 Å². The van der Waals surface area contributed by atoms with E-state index < -0.39 is 0 Å². The molecule has 0 nitrogen and oxygen atoms in total. The first kappa shape index (κ1) is 23.2. The summed E-state index contributed by atoms with van der Waals surface area (Å²) in [5, 5.41) is 0. The van der Waals surface area contributed by atoms with E-state index in [9.17, 15) is 0 Å². The average molecular weight is 384 g/mol. The number of hydrogen-bond donors (Lipinski definition) is 0. The molecule has 3 aliphatic carbocycles. The summed E-state index contributed by atoms with van der Waals surface area (Å²) in [5.41, 5.74) is 0. The van der Waals surface area contributed by atoms with Crippen molar-refractivity contribution in [3.8, 4) is 0 Å². The Bertz CT molecular complexity index is 259. The second kappa shape index (κ2) is 17.1. The Morgan fingerprint density at radius 3 is 1.61 bits per heavy atom. The molecule has 0 amide bonds. The van der Waals surface area contributed by atoms with E-state index in [1.165, 1.54) is 12.8 Å². The molecule has 0 saturated heterocycles. The fraction of sp³-hybridized carbons (Fsp3) is 0.273. The van der Waals surface area contributed by atoms with E-state index in [0.717, 1.165) is 5.92 Å².